The molecule has 0 bridgehead atoms. The molecule has 1 saturated carbocycles. The highest BCUT2D eigenvalue weighted by Crippen LogP contribution is 2.34. The number of phenolic OH excluding ortho intramolecular Hbond substituents is 2. The van der Waals surface area contributed by atoms with Crippen molar-refractivity contribution in [2.75, 3.05) is 0 Å². The molecule has 0 saturated heterocycles. The molecular formula is C28H42N2O2. The van der Waals surface area contributed by atoms with Gasteiger partial charge in [0.25, 0.3) is 0 Å². The standard InChI is InChI=1S/C28H42N2O2/c1-27(2,3)21-13-9-11-19(25(21)31)17-29-23-15-7-8-16-24(23)30-18-20-12-10-14-22(26(20)32)28(4,5)6/h9-14,23-24,29-32H,7-8,15-18H2,1-6H3/t23-,24?/m0/s1. The van der Waals surface area contributed by atoms with E-state index in [1.165, 1.54) is 12.8 Å². The molecule has 2 aromatic rings. The highest BCUT2D eigenvalue weighted by Gasteiger charge is 2.26. The monoisotopic (exact) mass is 438 g/mol. The van der Waals surface area contributed by atoms with Gasteiger partial charge in [-0.15, -0.1) is 0 Å². The lowest BCUT2D eigenvalue weighted by atomic mass is 9.85. The number of para-hydroxylation sites is 2. The maximum atomic E-state index is 10.8. The Morgan fingerprint density at radius 3 is 1.41 bits per heavy atom. The van der Waals surface area contributed by atoms with Gasteiger partial charge in [-0.3, -0.25) is 0 Å². The van der Waals surface area contributed by atoms with Crippen molar-refractivity contribution in [3.05, 3.63) is 58.7 Å². The number of hydrogen-bond acceptors (Lipinski definition) is 4. The molecule has 1 aliphatic rings. The average Bonchev–Trinajstić information content (AvgIpc) is 2.71. The third-order valence-corrected chi connectivity index (χ3v) is 6.73. The van der Waals surface area contributed by atoms with E-state index < -0.39 is 0 Å². The third kappa shape index (κ3) is 5.85. The van der Waals surface area contributed by atoms with E-state index in [9.17, 15) is 10.2 Å². The minimum Gasteiger partial charge on any atom is -0.507 e. The molecule has 0 amide bonds. The molecule has 2 atom stereocenters. The van der Waals surface area contributed by atoms with E-state index in [0.29, 0.717) is 36.7 Å². The van der Waals surface area contributed by atoms with E-state index in [2.05, 4.69) is 52.2 Å². The second-order valence-corrected chi connectivity index (χ2v) is 11.4. The van der Waals surface area contributed by atoms with E-state index in [1.807, 2.05) is 36.4 Å². The van der Waals surface area contributed by atoms with Crippen molar-refractivity contribution in [3.63, 3.8) is 0 Å². The Kier molecular flexibility index (Phi) is 7.57. The highest BCUT2D eigenvalue weighted by atomic mass is 16.3. The van der Waals surface area contributed by atoms with Crippen LogP contribution in [0.1, 0.15) is 89.5 Å². The zero-order valence-electron chi connectivity index (χ0n) is 20.8. The molecule has 1 fully saturated rings. The molecule has 176 valence electrons. The lowest BCUT2D eigenvalue weighted by Crippen LogP contribution is -2.49. The second-order valence-electron chi connectivity index (χ2n) is 11.4. The fourth-order valence-corrected chi connectivity index (χ4v) is 4.78. The van der Waals surface area contributed by atoms with Gasteiger partial charge in [-0.1, -0.05) is 90.8 Å². The Morgan fingerprint density at radius 2 is 1.06 bits per heavy atom. The Morgan fingerprint density at radius 1 is 0.688 bits per heavy atom. The maximum Gasteiger partial charge on any atom is 0.123 e. The SMILES string of the molecule is CC(C)(C)c1cccc(CNC2CCCC[C@@H]2NCc2cccc(C(C)(C)C)c2O)c1O. The first-order valence-corrected chi connectivity index (χ1v) is 12.1. The molecule has 3 rings (SSSR count). The van der Waals surface area contributed by atoms with Crippen LogP contribution in [0.15, 0.2) is 36.4 Å². The van der Waals surface area contributed by atoms with Crippen LogP contribution >= 0.6 is 0 Å². The minimum atomic E-state index is -0.0847. The fraction of sp³-hybridized carbons (Fsp3) is 0.571. The predicted molar refractivity (Wildman–Crippen MR) is 133 cm³/mol. The number of aromatic hydroxyl groups is 2. The number of rotatable bonds is 6. The first kappa shape index (κ1) is 24.6. The van der Waals surface area contributed by atoms with Gasteiger partial charge in [0, 0.05) is 36.3 Å². The Balaban J connectivity index is 1.67. The molecule has 4 nitrogen and oxygen atoms in total. The quantitative estimate of drug-likeness (QED) is 0.454. The van der Waals surface area contributed by atoms with Gasteiger partial charge in [-0.05, 0) is 34.8 Å². The van der Waals surface area contributed by atoms with Crippen molar-refractivity contribution < 1.29 is 10.2 Å². The number of phenols is 2. The van der Waals surface area contributed by atoms with Crippen LogP contribution in [0.3, 0.4) is 0 Å². The van der Waals surface area contributed by atoms with Crippen LogP contribution in [0.5, 0.6) is 11.5 Å². The summed E-state index contributed by atoms with van der Waals surface area (Å²) in [6.07, 6.45) is 4.67. The summed E-state index contributed by atoms with van der Waals surface area (Å²) in [4.78, 5) is 0. The Hall–Kier alpha value is -2.04. The van der Waals surface area contributed by atoms with Crippen LogP contribution < -0.4 is 10.6 Å². The van der Waals surface area contributed by atoms with Crippen molar-refractivity contribution in [1.29, 1.82) is 0 Å². The van der Waals surface area contributed by atoms with E-state index in [-0.39, 0.29) is 10.8 Å². The normalized spacial score (nSPS) is 19.8. The molecule has 0 heterocycles. The molecule has 1 aliphatic carbocycles. The molecule has 0 aromatic heterocycles. The number of benzene rings is 2. The number of nitrogens with one attached hydrogen (secondary N) is 2. The zero-order chi connectivity index (χ0) is 23.5. The van der Waals surface area contributed by atoms with Gasteiger partial charge >= 0.3 is 0 Å². The summed E-state index contributed by atoms with van der Waals surface area (Å²) < 4.78 is 0. The van der Waals surface area contributed by atoms with E-state index in [1.54, 1.807) is 0 Å². The van der Waals surface area contributed by atoms with Gasteiger partial charge in [0.15, 0.2) is 0 Å². The van der Waals surface area contributed by atoms with Gasteiger partial charge in [-0.2, -0.15) is 0 Å². The smallest absolute Gasteiger partial charge is 0.123 e. The summed E-state index contributed by atoms with van der Waals surface area (Å²) in [6.45, 7) is 14.1. The molecule has 4 N–H and O–H groups in total. The van der Waals surface area contributed by atoms with Gasteiger partial charge in [0.2, 0.25) is 0 Å². The summed E-state index contributed by atoms with van der Waals surface area (Å²) in [7, 11) is 0. The largest absolute Gasteiger partial charge is 0.507 e. The van der Waals surface area contributed by atoms with Gasteiger partial charge < -0.3 is 20.8 Å². The molecule has 4 heteroatoms. The van der Waals surface area contributed by atoms with Crippen molar-refractivity contribution in [3.8, 4) is 11.5 Å². The molecule has 0 radical (unpaired) electrons. The van der Waals surface area contributed by atoms with Crippen LogP contribution in [0.2, 0.25) is 0 Å². The first-order valence-electron chi connectivity index (χ1n) is 12.1. The summed E-state index contributed by atoms with van der Waals surface area (Å²) >= 11 is 0. The predicted octanol–water partition coefficient (Wildman–Crippen LogP) is 5.88. The lowest BCUT2D eigenvalue weighted by molar-refractivity contribution is 0.279. The topological polar surface area (TPSA) is 64.5 Å². The average molecular weight is 439 g/mol. The van der Waals surface area contributed by atoms with Gasteiger partial charge in [-0.25, -0.2) is 0 Å². The summed E-state index contributed by atoms with van der Waals surface area (Å²) in [5.74, 6) is 0.827. The van der Waals surface area contributed by atoms with Crippen LogP contribution in [-0.4, -0.2) is 22.3 Å². The van der Waals surface area contributed by atoms with Crippen LogP contribution in [0.25, 0.3) is 0 Å². The van der Waals surface area contributed by atoms with Crippen LogP contribution in [0, 0.1) is 0 Å². The molecule has 1 unspecified atom stereocenters. The van der Waals surface area contributed by atoms with Crippen LogP contribution in [0.4, 0.5) is 0 Å². The molecule has 0 spiro atoms. The molecular weight excluding hydrogens is 396 g/mol. The Labute approximate surface area is 194 Å². The van der Waals surface area contributed by atoms with Crippen molar-refractivity contribution in [1.82, 2.24) is 10.6 Å². The highest BCUT2D eigenvalue weighted by molar-refractivity contribution is 5.45. The first-order chi connectivity index (χ1) is 15.0. The third-order valence-electron chi connectivity index (χ3n) is 6.73. The minimum absolute atomic E-state index is 0.0847. The van der Waals surface area contributed by atoms with Crippen molar-refractivity contribution in [2.45, 2.75) is 103 Å². The summed E-state index contributed by atoms with van der Waals surface area (Å²) in [6, 6.07) is 12.8. The van der Waals surface area contributed by atoms with Gasteiger partial charge in [0.05, 0.1) is 0 Å². The molecule has 0 aliphatic heterocycles. The van der Waals surface area contributed by atoms with Crippen LogP contribution in [-0.2, 0) is 23.9 Å². The maximum absolute atomic E-state index is 10.8. The second kappa shape index (κ2) is 9.84. The lowest BCUT2D eigenvalue weighted by Gasteiger charge is -2.34. The van der Waals surface area contributed by atoms with E-state index >= 15 is 0 Å². The number of hydrogen-bond donors (Lipinski definition) is 4. The van der Waals surface area contributed by atoms with E-state index in [4.69, 9.17) is 0 Å². The summed E-state index contributed by atoms with van der Waals surface area (Å²) in [5.41, 5.74) is 3.72. The molecule has 32 heavy (non-hydrogen) atoms. The van der Waals surface area contributed by atoms with Crippen molar-refractivity contribution in [2.24, 2.45) is 0 Å². The van der Waals surface area contributed by atoms with E-state index in [0.717, 1.165) is 35.1 Å². The Bertz CT molecular complexity index is 833. The fourth-order valence-electron chi connectivity index (χ4n) is 4.78. The zero-order valence-corrected chi connectivity index (χ0v) is 20.8. The van der Waals surface area contributed by atoms with Crippen molar-refractivity contribution >= 4 is 0 Å². The van der Waals surface area contributed by atoms with Gasteiger partial charge in [0.1, 0.15) is 11.5 Å². The molecule has 2 aromatic carbocycles. The summed E-state index contributed by atoms with van der Waals surface area (Å²) in [5, 5.41) is 29.0.